The lowest BCUT2D eigenvalue weighted by Gasteiger charge is -2.22. The summed E-state index contributed by atoms with van der Waals surface area (Å²) < 4.78 is 5.30. The molecule has 1 aliphatic carbocycles. The first-order valence-electron chi connectivity index (χ1n) is 6.62. The van der Waals surface area contributed by atoms with Crippen LogP contribution in [0.25, 0.3) is 0 Å². The van der Waals surface area contributed by atoms with Crippen LogP contribution in [0.15, 0.2) is 40.1 Å². The van der Waals surface area contributed by atoms with Gasteiger partial charge in [-0.15, -0.1) is 0 Å². The van der Waals surface area contributed by atoms with Crippen molar-refractivity contribution < 1.29 is 4.74 Å². The van der Waals surface area contributed by atoms with Crippen molar-refractivity contribution in [3.8, 4) is 5.75 Å². The maximum atomic E-state index is 5.30. The predicted molar refractivity (Wildman–Crippen MR) is 78.9 cm³/mol. The zero-order valence-corrected chi connectivity index (χ0v) is 11.6. The Morgan fingerprint density at radius 3 is 2.63 bits per heavy atom. The van der Waals surface area contributed by atoms with Crippen LogP contribution in [0, 0.1) is 0 Å². The Bertz CT molecular complexity index is 666. The molecular formula is C16H15NOS. The van der Waals surface area contributed by atoms with E-state index in [1.807, 2.05) is 17.8 Å². The minimum absolute atomic E-state index is 0.915. The Morgan fingerprint density at radius 2 is 1.79 bits per heavy atom. The van der Waals surface area contributed by atoms with Crippen molar-refractivity contribution >= 4 is 23.1 Å². The molecule has 0 spiro atoms. The molecule has 4 rings (SSSR count). The van der Waals surface area contributed by atoms with Gasteiger partial charge in [0.05, 0.1) is 18.5 Å². The van der Waals surface area contributed by atoms with Gasteiger partial charge in [-0.2, -0.15) is 0 Å². The van der Waals surface area contributed by atoms with Crippen molar-refractivity contribution in [3.05, 3.63) is 41.5 Å². The van der Waals surface area contributed by atoms with Crippen molar-refractivity contribution in [1.82, 2.24) is 0 Å². The third-order valence-corrected chi connectivity index (χ3v) is 4.99. The molecule has 0 fully saturated rings. The molecule has 1 heterocycles. The highest BCUT2D eigenvalue weighted by atomic mass is 32.2. The fraction of sp³-hybridized carbons (Fsp3) is 0.250. The van der Waals surface area contributed by atoms with Crippen LogP contribution >= 0.6 is 11.8 Å². The van der Waals surface area contributed by atoms with Crippen LogP contribution in [0.1, 0.15) is 17.5 Å². The molecular weight excluding hydrogens is 254 g/mol. The molecule has 1 N–H and O–H groups in total. The molecule has 3 heteroatoms. The van der Waals surface area contributed by atoms with E-state index in [1.165, 1.54) is 51.6 Å². The average Bonchev–Trinajstić information content (AvgIpc) is 2.88. The minimum atomic E-state index is 0.915. The van der Waals surface area contributed by atoms with Gasteiger partial charge in [-0.05, 0) is 60.7 Å². The van der Waals surface area contributed by atoms with E-state index in [2.05, 4.69) is 29.6 Å². The van der Waals surface area contributed by atoms with Gasteiger partial charge in [0.1, 0.15) is 5.75 Å². The largest absolute Gasteiger partial charge is 0.497 e. The summed E-state index contributed by atoms with van der Waals surface area (Å²) in [6.07, 6.45) is 3.75. The summed E-state index contributed by atoms with van der Waals surface area (Å²) in [5.41, 5.74) is 5.47. The van der Waals surface area contributed by atoms with Crippen molar-refractivity contribution in [3.63, 3.8) is 0 Å². The smallest absolute Gasteiger partial charge is 0.120 e. The van der Waals surface area contributed by atoms with E-state index in [1.54, 1.807) is 7.11 Å². The molecule has 19 heavy (non-hydrogen) atoms. The van der Waals surface area contributed by atoms with Crippen LogP contribution in [0.4, 0.5) is 11.4 Å². The number of fused-ring (bicyclic) bond motifs is 3. The zero-order chi connectivity index (χ0) is 12.8. The number of benzene rings is 2. The molecule has 0 saturated carbocycles. The number of ether oxygens (including phenoxy) is 1. The van der Waals surface area contributed by atoms with Crippen molar-refractivity contribution in [2.75, 3.05) is 12.4 Å². The van der Waals surface area contributed by atoms with Gasteiger partial charge < -0.3 is 10.1 Å². The number of hydrogen-bond acceptors (Lipinski definition) is 3. The van der Waals surface area contributed by atoms with E-state index in [0.29, 0.717) is 0 Å². The summed E-state index contributed by atoms with van der Waals surface area (Å²) in [6.45, 7) is 0. The van der Waals surface area contributed by atoms with Gasteiger partial charge in [0.2, 0.25) is 0 Å². The summed E-state index contributed by atoms with van der Waals surface area (Å²) in [4.78, 5) is 2.58. The number of aryl methyl sites for hydroxylation is 2. The second-order valence-corrected chi connectivity index (χ2v) is 6.14. The molecule has 2 aromatic rings. The number of anilines is 2. The molecule has 2 aliphatic rings. The molecule has 1 aliphatic heterocycles. The normalized spacial score (nSPS) is 15.2. The SMILES string of the molecule is COc1ccc2c(c1)Sc1cc3c(cc1N2)CCC3. The molecule has 0 saturated heterocycles. The van der Waals surface area contributed by atoms with Gasteiger partial charge in [0.25, 0.3) is 0 Å². The zero-order valence-electron chi connectivity index (χ0n) is 10.8. The first-order valence-corrected chi connectivity index (χ1v) is 7.44. The summed E-state index contributed by atoms with van der Waals surface area (Å²) >= 11 is 1.84. The Labute approximate surface area is 117 Å². The average molecular weight is 269 g/mol. The summed E-state index contributed by atoms with van der Waals surface area (Å²) in [7, 11) is 1.71. The van der Waals surface area contributed by atoms with Gasteiger partial charge in [-0.1, -0.05) is 11.8 Å². The molecule has 0 aromatic heterocycles. The lowest BCUT2D eigenvalue weighted by molar-refractivity contribution is 0.414. The number of rotatable bonds is 1. The van der Waals surface area contributed by atoms with Crippen LogP contribution in [0.3, 0.4) is 0 Å². The quantitative estimate of drug-likeness (QED) is 0.708. The Hall–Kier alpha value is -1.61. The van der Waals surface area contributed by atoms with Crippen LogP contribution in [0.2, 0.25) is 0 Å². The van der Waals surface area contributed by atoms with E-state index in [-0.39, 0.29) is 0 Å². The number of methoxy groups -OCH3 is 1. The second kappa shape index (κ2) is 4.20. The summed E-state index contributed by atoms with van der Waals surface area (Å²) in [5, 5.41) is 3.55. The molecule has 96 valence electrons. The number of nitrogens with one attached hydrogen (secondary N) is 1. The Kier molecular flexibility index (Phi) is 2.49. The van der Waals surface area contributed by atoms with Gasteiger partial charge in [0, 0.05) is 9.79 Å². The monoisotopic (exact) mass is 269 g/mol. The molecule has 0 unspecified atom stereocenters. The van der Waals surface area contributed by atoms with E-state index >= 15 is 0 Å². The van der Waals surface area contributed by atoms with Crippen LogP contribution in [0.5, 0.6) is 5.75 Å². The highest BCUT2D eigenvalue weighted by Crippen LogP contribution is 2.47. The third-order valence-electron chi connectivity index (χ3n) is 3.87. The van der Waals surface area contributed by atoms with Crippen LogP contribution in [-0.4, -0.2) is 7.11 Å². The molecule has 2 aromatic carbocycles. The highest BCUT2D eigenvalue weighted by molar-refractivity contribution is 7.99. The van der Waals surface area contributed by atoms with Gasteiger partial charge in [-0.25, -0.2) is 0 Å². The van der Waals surface area contributed by atoms with E-state index in [0.717, 1.165) is 5.75 Å². The lowest BCUT2D eigenvalue weighted by atomic mass is 10.1. The predicted octanol–water partition coefficient (Wildman–Crippen LogP) is 4.39. The maximum Gasteiger partial charge on any atom is 0.120 e. The Balaban J connectivity index is 1.78. The highest BCUT2D eigenvalue weighted by Gasteiger charge is 2.20. The fourth-order valence-corrected chi connectivity index (χ4v) is 3.93. The molecule has 2 nitrogen and oxygen atoms in total. The van der Waals surface area contributed by atoms with Crippen molar-refractivity contribution in [2.24, 2.45) is 0 Å². The molecule has 0 amide bonds. The number of hydrogen-bond donors (Lipinski definition) is 1. The van der Waals surface area contributed by atoms with E-state index in [9.17, 15) is 0 Å². The Morgan fingerprint density at radius 1 is 1.00 bits per heavy atom. The molecule has 0 radical (unpaired) electrons. The standard InChI is InChI=1S/C16H15NOS/c1-18-12-5-6-13-16(9-12)19-15-8-11-4-2-3-10(11)7-14(15)17-13/h5-9,17H,2-4H2,1H3. The second-order valence-electron chi connectivity index (χ2n) is 5.06. The molecule has 0 atom stereocenters. The van der Waals surface area contributed by atoms with Crippen molar-refractivity contribution in [2.45, 2.75) is 29.1 Å². The topological polar surface area (TPSA) is 21.3 Å². The van der Waals surface area contributed by atoms with Gasteiger partial charge in [0.15, 0.2) is 0 Å². The van der Waals surface area contributed by atoms with Crippen LogP contribution < -0.4 is 10.1 Å². The van der Waals surface area contributed by atoms with Gasteiger partial charge >= 0.3 is 0 Å². The third kappa shape index (κ3) is 1.80. The van der Waals surface area contributed by atoms with E-state index in [4.69, 9.17) is 4.74 Å². The minimum Gasteiger partial charge on any atom is -0.497 e. The summed E-state index contributed by atoms with van der Waals surface area (Å²) in [6, 6.07) is 10.9. The van der Waals surface area contributed by atoms with E-state index < -0.39 is 0 Å². The molecule has 0 bridgehead atoms. The van der Waals surface area contributed by atoms with Crippen LogP contribution in [-0.2, 0) is 12.8 Å². The fourth-order valence-electron chi connectivity index (χ4n) is 2.86. The maximum absolute atomic E-state index is 5.30. The van der Waals surface area contributed by atoms with Crippen molar-refractivity contribution in [1.29, 1.82) is 0 Å². The van der Waals surface area contributed by atoms with Gasteiger partial charge in [-0.3, -0.25) is 0 Å². The lowest BCUT2D eigenvalue weighted by Crippen LogP contribution is -2.01. The first kappa shape index (κ1) is 11.2. The first-order chi connectivity index (χ1) is 9.33. The summed E-state index contributed by atoms with van der Waals surface area (Å²) in [5.74, 6) is 0.915.